The molecule has 1 aliphatic carbocycles. The zero-order valence-electron chi connectivity index (χ0n) is 11.4. The number of aryl methyl sites for hydroxylation is 1. The van der Waals surface area contributed by atoms with Gasteiger partial charge in [-0.2, -0.15) is 0 Å². The molecule has 3 rings (SSSR count). The maximum Gasteiger partial charge on any atom is 0.339 e. The fourth-order valence-corrected chi connectivity index (χ4v) is 2.62. The van der Waals surface area contributed by atoms with Crippen LogP contribution in [0.1, 0.15) is 31.4 Å². The van der Waals surface area contributed by atoms with Gasteiger partial charge in [-0.15, -0.1) is 0 Å². The molecule has 1 aromatic heterocycles. The van der Waals surface area contributed by atoms with Crippen molar-refractivity contribution < 1.29 is 9.15 Å². The molecule has 0 N–H and O–H groups in total. The van der Waals surface area contributed by atoms with E-state index in [0.29, 0.717) is 18.1 Å². The topological polar surface area (TPSA) is 39.4 Å². The SMILES string of the molecule is CC(C)COc1ccc2c3c(c(=O)oc2c1)CCC3. The predicted molar refractivity (Wildman–Crippen MR) is 74.8 cm³/mol. The lowest BCUT2D eigenvalue weighted by atomic mass is 10.1. The molecule has 0 unspecified atom stereocenters. The van der Waals surface area contributed by atoms with E-state index in [1.807, 2.05) is 18.2 Å². The summed E-state index contributed by atoms with van der Waals surface area (Å²) in [4.78, 5) is 11.9. The van der Waals surface area contributed by atoms with Crippen molar-refractivity contribution in [2.45, 2.75) is 33.1 Å². The quantitative estimate of drug-likeness (QED) is 0.793. The molecule has 0 saturated carbocycles. The van der Waals surface area contributed by atoms with Crippen LogP contribution in [0, 0.1) is 5.92 Å². The van der Waals surface area contributed by atoms with Gasteiger partial charge in [-0.3, -0.25) is 0 Å². The van der Waals surface area contributed by atoms with Crippen molar-refractivity contribution in [1.82, 2.24) is 0 Å². The molecule has 100 valence electrons. The first-order chi connectivity index (χ1) is 9.15. The Balaban J connectivity index is 2.05. The zero-order valence-corrected chi connectivity index (χ0v) is 11.4. The van der Waals surface area contributed by atoms with E-state index in [1.54, 1.807) is 0 Å². The summed E-state index contributed by atoms with van der Waals surface area (Å²) in [7, 11) is 0. The minimum Gasteiger partial charge on any atom is -0.493 e. The lowest BCUT2D eigenvalue weighted by molar-refractivity contribution is 0.271. The zero-order chi connectivity index (χ0) is 13.4. The molecule has 2 aromatic rings. The van der Waals surface area contributed by atoms with Crippen LogP contribution in [0.3, 0.4) is 0 Å². The third-order valence-electron chi connectivity index (χ3n) is 3.53. The molecule has 0 spiro atoms. The number of ether oxygens (including phenoxy) is 1. The second-order valence-electron chi connectivity index (χ2n) is 5.56. The number of fused-ring (bicyclic) bond motifs is 3. The van der Waals surface area contributed by atoms with Crippen molar-refractivity contribution in [2.75, 3.05) is 6.61 Å². The van der Waals surface area contributed by atoms with Gasteiger partial charge in [0, 0.05) is 17.0 Å². The van der Waals surface area contributed by atoms with E-state index < -0.39 is 0 Å². The van der Waals surface area contributed by atoms with E-state index in [2.05, 4.69) is 13.8 Å². The molecule has 0 aliphatic heterocycles. The summed E-state index contributed by atoms with van der Waals surface area (Å²) in [5, 5.41) is 1.06. The van der Waals surface area contributed by atoms with Crippen molar-refractivity contribution in [3.05, 3.63) is 39.7 Å². The lowest BCUT2D eigenvalue weighted by Crippen LogP contribution is -2.07. The monoisotopic (exact) mass is 258 g/mol. The van der Waals surface area contributed by atoms with Crippen LogP contribution in [0.15, 0.2) is 27.4 Å². The lowest BCUT2D eigenvalue weighted by Gasteiger charge is -2.10. The number of hydrogen-bond donors (Lipinski definition) is 0. The second-order valence-corrected chi connectivity index (χ2v) is 5.56. The van der Waals surface area contributed by atoms with Crippen molar-refractivity contribution >= 4 is 11.0 Å². The van der Waals surface area contributed by atoms with Crippen LogP contribution in [0.4, 0.5) is 0 Å². The highest BCUT2D eigenvalue weighted by Crippen LogP contribution is 2.29. The summed E-state index contributed by atoms with van der Waals surface area (Å²) in [6.45, 7) is 4.88. The third-order valence-corrected chi connectivity index (χ3v) is 3.53. The highest BCUT2D eigenvalue weighted by molar-refractivity contribution is 5.83. The van der Waals surface area contributed by atoms with E-state index in [9.17, 15) is 4.79 Å². The van der Waals surface area contributed by atoms with Gasteiger partial charge in [0.2, 0.25) is 0 Å². The Kier molecular flexibility index (Phi) is 3.05. The maximum atomic E-state index is 11.9. The average molecular weight is 258 g/mol. The third kappa shape index (κ3) is 2.25. The summed E-state index contributed by atoms with van der Waals surface area (Å²) in [6, 6.07) is 5.80. The normalized spacial score (nSPS) is 14.1. The number of hydrogen-bond acceptors (Lipinski definition) is 3. The van der Waals surface area contributed by atoms with Gasteiger partial charge in [0.05, 0.1) is 6.61 Å². The van der Waals surface area contributed by atoms with Crippen LogP contribution >= 0.6 is 0 Å². The van der Waals surface area contributed by atoms with E-state index in [4.69, 9.17) is 9.15 Å². The second kappa shape index (κ2) is 4.72. The molecule has 1 aliphatic rings. The predicted octanol–water partition coefficient (Wildman–Crippen LogP) is 3.32. The van der Waals surface area contributed by atoms with Gasteiger partial charge in [0.1, 0.15) is 11.3 Å². The fraction of sp³-hybridized carbons (Fsp3) is 0.438. The molecule has 0 atom stereocenters. The molecule has 3 nitrogen and oxygen atoms in total. The molecule has 0 radical (unpaired) electrons. The van der Waals surface area contributed by atoms with Crippen molar-refractivity contribution in [2.24, 2.45) is 5.92 Å². The van der Waals surface area contributed by atoms with Crippen LogP contribution < -0.4 is 10.4 Å². The molecular formula is C16H18O3. The Morgan fingerprint density at radius 1 is 1.26 bits per heavy atom. The van der Waals surface area contributed by atoms with E-state index in [0.717, 1.165) is 36.0 Å². The smallest absolute Gasteiger partial charge is 0.339 e. The van der Waals surface area contributed by atoms with Gasteiger partial charge in [-0.05, 0) is 42.9 Å². The molecular weight excluding hydrogens is 240 g/mol. The van der Waals surface area contributed by atoms with E-state index in [1.165, 1.54) is 5.56 Å². The van der Waals surface area contributed by atoms with Gasteiger partial charge in [0.15, 0.2) is 0 Å². The largest absolute Gasteiger partial charge is 0.493 e. The summed E-state index contributed by atoms with van der Waals surface area (Å²) >= 11 is 0. The maximum absolute atomic E-state index is 11.9. The average Bonchev–Trinajstić information content (AvgIpc) is 2.86. The van der Waals surface area contributed by atoms with Crippen LogP contribution in [0.25, 0.3) is 11.0 Å². The Bertz CT molecular complexity index is 667. The molecule has 0 saturated heterocycles. The fourth-order valence-electron chi connectivity index (χ4n) is 2.62. The summed E-state index contributed by atoms with van der Waals surface area (Å²) in [5.41, 5.74) is 2.50. The molecule has 1 aromatic carbocycles. The first kappa shape index (κ1) is 12.3. The Labute approximate surface area is 112 Å². The molecule has 0 bridgehead atoms. The minimum atomic E-state index is -0.180. The first-order valence-electron chi connectivity index (χ1n) is 6.86. The van der Waals surface area contributed by atoms with Gasteiger partial charge in [-0.25, -0.2) is 4.79 Å². The van der Waals surface area contributed by atoms with Gasteiger partial charge < -0.3 is 9.15 Å². The molecule has 3 heteroatoms. The van der Waals surface area contributed by atoms with Crippen LogP contribution in [0.5, 0.6) is 5.75 Å². The van der Waals surface area contributed by atoms with Crippen molar-refractivity contribution in [3.63, 3.8) is 0 Å². The number of rotatable bonds is 3. The molecule has 19 heavy (non-hydrogen) atoms. The first-order valence-corrected chi connectivity index (χ1v) is 6.86. The summed E-state index contributed by atoms with van der Waals surface area (Å²) in [5.74, 6) is 1.24. The van der Waals surface area contributed by atoms with Gasteiger partial charge in [-0.1, -0.05) is 13.8 Å². The Morgan fingerprint density at radius 2 is 2.05 bits per heavy atom. The van der Waals surface area contributed by atoms with E-state index >= 15 is 0 Å². The number of benzene rings is 1. The van der Waals surface area contributed by atoms with Crippen LogP contribution in [-0.4, -0.2) is 6.61 Å². The van der Waals surface area contributed by atoms with Gasteiger partial charge >= 0.3 is 5.63 Å². The van der Waals surface area contributed by atoms with Gasteiger partial charge in [0.25, 0.3) is 0 Å². The highest BCUT2D eigenvalue weighted by atomic mass is 16.5. The van der Waals surface area contributed by atoms with Crippen LogP contribution in [-0.2, 0) is 12.8 Å². The Morgan fingerprint density at radius 3 is 2.84 bits per heavy atom. The summed E-state index contributed by atoms with van der Waals surface area (Å²) < 4.78 is 11.1. The highest BCUT2D eigenvalue weighted by Gasteiger charge is 2.19. The Hall–Kier alpha value is -1.77. The minimum absolute atomic E-state index is 0.180. The molecule has 1 heterocycles. The summed E-state index contributed by atoms with van der Waals surface area (Å²) in [6.07, 6.45) is 2.87. The molecule has 0 fully saturated rings. The standard InChI is InChI=1S/C16H18O3/c1-10(2)9-18-11-6-7-13-12-4-3-5-14(12)16(17)19-15(13)8-11/h6-8,10H,3-5,9H2,1-2H3. The van der Waals surface area contributed by atoms with Crippen molar-refractivity contribution in [1.29, 1.82) is 0 Å². The van der Waals surface area contributed by atoms with Crippen LogP contribution in [0.2, 0.25) is 0 Å². The molecule has 0 amide bonds. The van der Waals surface area contributed by atoms with E-state index in [-0.39, 0.29) is 5.63 Å². The van der Waals surface area contributed by atoms with Crippen molar-refractivity contribution in [3.8, 4) is 5.75 Å².